The van der Waals surface area contributed by atoms with Gasteiger partial charge in [0, 0.05) is 19.3 Å². The van der Waals surface area contributed by atoms with Crippen molar-refractivity contribution in [3.63, 3.8) is 0 Å². The maximum atomic E-state index is 5.77. The van der Waals surface area contributed by atoms with Crippen LogP contribution in [0.15, 0.2) is 10.7 Å². The molecule has 1 aliphatic rings. The summed E-state index contributed by atoms with van der Waals surface area (Å²) in [5, 5.41) is 3.56. The Hall–Kier alpha value is -0.390. The molecule has 1 fully saturated rings. The lowest BCUT2D eigenvalue weighted by Crippen LogP contribution is -2.36. The van der Waals surface area contributed by atoms with Crippen molar-refractivity contribution < 1.29 is 0 Å². The zero-order valence-electron chi connectivity index (χ0n) is 10.5. The zero-order valence-corrected chi connectivity index (χ0v) is 12.8. The molecule has 0 spiro atoms. The van der Waals surface area contributed by atoms with Gasteiger partial charge in [-0.15, -0.1) is 0 Å². The Morgan fingerprint density at radius 1 is 1.50 bits per heavy atom. The molecule has 0 radical (unpaired) electrons. The first-order valence-corrected chi connectivity index (χ1v) is 7.46. The van der Waals surface area contributed by atoms with Gasteiger partial charge >= 0.3 is 0 Å². The second kappa shape index (κ2) is 6.68. The number of hydrogen-bond donors (Lipinski definition) is 1. The van der Waals surface area contributed by atoms with Crippen LogP contribution in [0.3, 0.4) is 0 Å². The molecule has 1 aromatic heterocycles. The summed E-state index contributed by atoms with van der Waals surface area (Å²) in [6.07, 6.45) is 4.28. The summed E-state index contributed by atoms with van der Waals surface area (Å²) in [6, 6.07) is 0. The maximum absolute atomic E-state index is 5.77. The summed E-state index contributed by atoms with van der Waals surface area (Å²) >= 11 is 9.17. The van der Waals surface area contributed by atoms with Gasteiger partial charge in [0.15, 0.2) is 0 Å². The third-order valence-electron chi connectivity index (χ3n) is 3.31. The average Bonchev–Trinajstić information content (AvgIpc) is 2.36. The Morgan fingerprint density at radius 2 is 2.22 bits per heavy atom. The van der Waals surface area contributed by atoms with E-state index in [4.69, 9.17) is 11.6 Å². The lowest BCUT2D eigenvalue weighted by Gasteiger charge is -2.30. The van der Waals surface area contributed by atoms with Crippen LogP contribution >= 0.6 is 27.5 Å². The average molecular weight is 334 g/mol. The number of halogens is 2. The van der Waals surface area contributed by atoms with Crippen molar-refractivity contribution in [2.75, 3.05) is 31.5 Å². The molecule has 1 aromatic rings. The third kappa shape index (κ3) is 4.07. The van der Waals surface area contributed by atoms with Gasteiger partial charge in [0.1, 0.15) is 5.82 Å². The molecule has 100 valence electrons. The standard InChI is InChI=1S/C12H18BrClN4/c1-9-2-5-18(6-3-9)7-4-15-11-10(13)8-16-12(14)17-11/h8-9H,2-7H2,1H3,(H,15,16,17). The number of likely N-dealkylation sites (tertiary alicyclic amines) is 1. The Labute approximate surface area is 121 Å². The van der Waals surface area contributed by atoms with E-state index in [1.165, 1.54) is 25.9 Å². The topological polar surface area (TPSA) is 41.0 Å². The fraction of sp³-hybridized carbons (Fsp3) is 0.667. The monoisotopic (exact) mass is 332 g/mol. The normalized spacial score (nSPS) is 17.9. The van der Waals surface area contributed by atoms with E-state index in [1.54, 1.807) is 6.20 Å². The summed E-state index contributed by atoms with van der Waals surface area (Å²) < 4.78 is 0.846. The highest BCUT2D eigenvalue weighted by molar-refractivity contribution is 9.10. The fourth-order valence-electron chi connectivity index (χ4n) is 2.09. The number of piperidine rings is 1. The van der Waals surface area contributed by atoms with Crippen molar-refractivity contribution in [1.29, 1.82) is 0 Å². The first-order valence-electron chi connectivity index (χ1n) is 6.29. The molecule has 0 unspecified atom stereocenters. The van der Waals surface area contributed by atoms with Crippen molar-refractivity contribution in [3.05, 3.63) is 16.0 Å². The van der Waals surface area contributed by atoms with E-state index in [0.29, 0.717) is 0 Å². The Balaban J connectivity index is 1.76. The molecule has 0 atom stereocenters. The largest absolute Gasteiger partial charge is 0.368 e. The third-order valence-corrected chi connectivity index (χ3v) is 4.07. The maximum Gasteiger partial charge on any atom is 0.224 e. The number of anilines is 1. The second-order valence-corrected chi connectivity index (χ2v) is 5.98. The van der Waals surface area contributed by atoms with Gasteiger partial charge < -0.3 is 10.2 Å². The lowest BCUT2D eigenvalue weighted by atomic mass is 9.99. The number of nitrogens with one attached hydrogen (secondary N) is 1. The highest BCUT2D eigenvalue weighted by atomic mass is 79.9. The predicted octanol–water partition coefficient (Wildman–Crippen LogP) is 3.04. The molecular formula is C12H18BrClN4. The Morgan fingerprint density at radius 3 is 2.94 bits per heavy atom. The van der Waals surface area contributed by atoms with E-state index in [2.05, 4.69) is 43.0 Å². The molecule has 1 saturated heterocycles. The van der Waals surface area contributed by atoms with E-state index in [9.17, 15) is 0 Å². The number of aromatic nitrogens is 2. The van der Waals surface area contributed by atoms with Crippen LogP contribution in [0.25, 0.3) is 0 Å². The molecule has 0 amide bonds. The highest BCUT2D eigenvalue weighted by Crippen LogP contribution is 2.20. The van der Waals surface area contributed by atoms with Crippen LogP contribution in [0.2, 0.25) is 5.28 Å². The zero-order chi connectivity index (χ0) is 13.0. The van der Waals surface area contributed by atoms with Crippen molar-refractivity contribution in [2.45, 2.75) is 19.8 Å². The summed E-state index contributed by atoms with van der Waals surface area (Å²) in [6.45, 7) is 6.65. The quantitative estimate of drug-likeness (QED) is 0.860. The molecule has 1 aliphatic heterocycles. The molecule has 18 heavy (non-hydrogen) atoms. The van der Waals surface area contributed by atoms with Crippen LogP contribution in [0.4, 0.5) is 5.82 Å². The van der Waals surface area contributed by atoms with Gasteiger partial charge in [-0.05, 0) is 59.4 Å². The summed E-state index contributed by atoms with van der Waals surface area (Å²) in [5.74, 6) is 1.64. The summed E-state index contributed by atoms with van der Waals surface area (Å²) in [7, 11) is 0. The first kappa shape index (κ1) is 14.0. The van der Waals surface area contributed by atoms with Gasteiger partial charge in [0.2, 0.25) is 5.28 Å². The van der Waals surface area contributed by atoms with Gasteiger partial charge in [-0.25, -0.2) is 4.98 Å². The molecule has 0 bridgehead atoms. The minimum Gasteiger partial charge on any atom is -0.368 e. The molecule has 2 rings (SSSR count). The number of nitrogens with zero attached hydrogens (tertiary/aromatic N) is 3. The van der Waals surface area contributed by atoms with E-state index in [1.807, 2.05) is 0 Å². The molecule has 0 aromatic carbocycles. The van der Waals surface area contributed by atoms with Gasteiger partial charge in [-0.1, -0.05) is 6.92 Å². The van der Waals surface area contributed by atoms with Crippen LogP contribution in [-0.2, 0) is 0 Å². The van der Waals surface area contributed by atoms with Crippen molar-refractivity contribution in [2.24, 2.45) is 5.92 Å². The van der Waals surface area contributed by atoms with Crippen LogP contribution in [-0.4, -0.2) is 41.0 Å². The Bertz CT molecular complexity index is 394. The second-order valence-electron chi connectivity index (χ2n) is 4.79. The van der Waals surface area contributed by atoms with Crippen molar-refractivity contribution in [1.82, 2.24) is 14.9 Å². The number of hydrogen-bond acceptors (Lipinski definition) is 4. The SMILES string of the molecule is CC1CCN(CCNc2nc(Cl)ncc2Br)CC1. The minimum absolute atomic E-state index is 0.271. The van der Waals surface area contributed by atoms with Gasteiger partial charge in [0.05, 0.1) is 4.47 Å². The molecule has 4 nitrogen and oxygen atoms in total. The molecular weight excluding hydrogens is 316 g/mol. The summed E-state index contributed by atoms with van der Waals surface area (Å²) in [5.41, 5.74) is 0. The molecule has 6 heteroatoms. The molecule has 0 aliphatic carbocycles. The van der Waals surface area contributed by atoms with E-state index < -0.39 is 0 Å². The first-order chi connectivity index (χ1) is 8.65. The van der Waals surface area contributed by atoms with Crippen molar-refractivity contribution >= 4 is 33.3 Å². The molecule has 1 N–H and O–H groups in total. The minimum atomic E-state index is 0.271. The van der Waals surface area contributed by atoms with Gasteiger partial charge in [-0.3, -0.25) is 0 Å². The Kier molecular flexibility index (Phi) is 5.21. The van der Waals surface area contributed by atoms with Gasteiger partial charge in [-0.2, -0.15) is 4.98 Å². The van der Waals surface area contributed by atoms with Crippen LogP contribution < -0.4 is 5.32 Å². The molecule has 0 saturated carbocycles. The smallest absolute Gasteiger partial charge is 0.224 e. The van der Waals surface area contributed by atoms with E-state index in [0.717, 1.165) is 29.3 Å². The van der Waals surface area contributed by atoms with E-state index in [-0.39, 0.29) is 5.28 Å². The molecule has 2 heterocycles. The van der Waals surface area contributed by atoms with Gasteiger partial charge in [0.25, 0.3) is 0 Å². The van der Waals surface area contributed by atoms with Crippen LogP contribution in [0, 0.1) is 5.92 Å². The number of rotatable bonds is 4. The van der Waals surface area contributed by atoms with Crippen LogP contribution in [0.1, 0.15) is 19.8 Å². The predicted molar refractivity (Wildman–Crippen MR) is 78.1 cm³/mol. The van der Waals surface area contributed by atoms with Crippen molar-refractivity contribution in [3.8, 4) is 0 Å². The summed E-state index contributed by atoms with van der Waals surface area (Å²) in [4.78, 5) is 10.5. The van der Waals surface area contributed by atoms with Crippen LogP contribution in [0.5, 0.6) is 0 Å². The highest BCUT2D eigenvalue weighted by Gasteiger charge is 2.15. The van der Waals surface area contributed by atoms with E-state index >= 15 is 0 Å². The lowest BCUT2D eigenvalue weighted by molar-refractivity contribution is 0.199. The fourth-order valence-corrected chi connectivity index (χ4v) is 2.55.